The summed E-state index contributed by atoms with van der Waals surface area (Å²) >= 11 is 0. The fourth-order valence-electron chi connectivity index (χ4n) is 4.46. The van der Waals surface area contributed by atoms with E-state index in [-0.39, 0.29) is 5.41 Å². The van der Waals surface area contributed by atoms with Crippen LogP contribution in [0.25, 0.3) is 0 Å². The Bertz CT molecular complexity index is 506. The first-order chi connectivity index (χ1) is 15.5. The molecule has 1 N–H and O–H groups in total. The molecule has 3 fully saturated rings. The molecule has 5 nitrogen and oxygen atoms in total. The topological polar surface area (TPSA) is 65.0 Å². The quantitative estimate of drug-likeness (QED) is 0.154. The Hall–Kier alpha value is -0.910. The number of hydrogen-bond acceptors (Lipinski definition) is 4. The van der Waals surface area contributed by atoms with E-state index in [4.69, 9.17) is 19.3 Å². The Labute approximate surface area is 196 Å². The van der Waals surface area contributed by atoms with Gasteiger partial charge in [0.15, 0.2) is 0 Å². The predicted octanol–water partition coefficient (Wildman–Crippen LogP) is 7.39. The highest BCUT2D eigenvalue weighted by atomic mass is 16.9. The number of fused-ring (bicyclic) bond motifs is 3. The molecule has 0 aromatic heterocycles. The molecule has 0 unspecified atom stereocenters. The maximum absolute atomic E-state index is 10.4. The Morgan fingerprint density at radius 3 is 1.56 bits per heavy atom. The zero-order chi connectivity index (χ0) is 23.0. The lowest BCUT2D eigenvalue weighted by Gasteiger charge is -2.50. The van der Waals surface area contributed by atoms with Crippen LogP contribution in [0.1, 0.15) is 122 Å². The average Bonchev–Trinajstić information content (AvgIpc) is 2.78. The molecule has 3 aliphatic rings. The van der Waals surface area contributed by atoms with Gasteiger partial charge in [0.2, 0.25) is 0 Å². The summed E-state index contributed by atoms with van der Waals surface area (Å²) < 4.78 is 17.5. The monoisotopic (exact) mass is 452 g/mol. The number of allylic oxidation sites excluding steroid dienone is 2. The molecule has 0 aliphatic carbocycles. The average molecular weight is 453 g/mol. The molecule has 3 aliphatic heterocycles. The van der Waals surface area contributed by atoms with Crippen LogP contribution in [-0.4, -0.2) is 36.9 Å². The molecule has 3 rings (SSSR count). The largest absolute Gasteiger partial charge is 0.481 e. The Morgan fingerprint density at radius 2 is 1.09 bits per heavy atom. The van der Waals surface area contributed by atoms with Gasteiger partial charge in [-0.3, -0.25) is 4.79 Å². The maximum atomic E-state index is 10.4. The highest BCUT2D eigenvalue weighted by molar-refractivity contribution is 5.66. The van der Waals surface area contributed by atoms with Gasteiger partial charge in [0.05, 0.1) is 19.8 Å². The smallest absolute Gasteiger partial charge is 0.303 e. The van der Waals surface area contributed by atoms with Crippen LogP contribution in [0.15, 0.2) is 12.2 Å². The molecule has 0 amide bonds. The van der Waals surface area contributed by atoms with Gasteiger partial charge in [0, 0.05) is 18.3 Å². The van der Waals surface area contributed by atoms with Gasteiger partial charge >= 0.3 is 5.97 Å². The van der Waals surface area contributed by atoms with E-state index < -0.39 is 11.9 Å². The van der Waals surface area contributed by atoms with Crippen LogP contribution < -0.4 is 0 Å². The van der Waals surface area contributed by atoms with Crippen LogP contribution in [0, 0.1) is 5.41 Å². The van der Waals surface area contributed by atoms with E-state index >= 15 is 0 Å². The summed E-state index contributed by atoms with van der Waals surface area (Å²) in [6.07, 6.45) is 25.5. The number of ether oxygens (including phenoxy) is 3. The molecule has 0 radical (unpaired) electrons. The van der Waals surface area contributed by atoms with Gasteiger partial charge in [-0.25, -0.2) is 0 Å². The molecule has 0 aromatic rings. The van der Waals surface area contributed by atoms with E-state index in [9.17, 15) is 4.79 Å². The SMILES string of the molecule is CC12COC(CCCCCCCCC/C=C\CCCCCCCCCC(=O)O)(OC1)OC2. The van der Waals surface area contributed by atoms with E-state index in [1.54, 1.807) is 0 Å². The third kappa shape index (κ3) is 11.8. The summed E-state index contributed by atoms with van der Waals surface area (Å²) in [7, 11) is 0. The number of unbranched alkanes of at least 4 members (excludes halogenated alkanes) is 14. The number of rotatable bonds is 20. The van der Waals surface area contributed by atoms with Crippen molar-refractivity contribution >= 4 is 5.97 Å². The second kappa shape index (κ2) is 15.8. The van der Waals surface area contributed by atoms with Crippen molar-refractivity contribution in [3.05, 3.63) is 12.2 Å². The predicted molar refractivity (Wildman–Crippen MR) is 129 cm³/mol. The first kappa shape index (κ1) is 27.3. The van der Waals surface area contributed by atoms with Gasteiger partial charge < -0.3 is 19.3 Å². The molecular weight excluding hydrogens is 404 g/mol. The van der Waals surface area contributed by atoms with E-state index in [0.29, 0.717) is 6.42 Å². The van der Waals surface area contributed by atoms with Crippen LogP contribution in [0.4, 0.5) is 0 Å². The van der Waals surface area contributed by atoms with Crippen LogP contribution in [0.5, 0.6) is 0 Å². The first-order valence-corrected chi connectivity index (χ1v) is 13.3. The van der Waals surface area contributed by atoms with Gasteiger partial charge in [-0.05, 0) is 38.5 Å². The Balaban J connectivity index is 1.27. The molecule has 0 spiro atoms. The van der Waals surface area contributed by atoms with Crippen LogP contribution in [0.3, 0.4) is 0 Å². The van der Waals surface area contributed by atoms with Crippen molar-refractivity contribution in [3.8, 4) is 0 Å². The summed E-state index contributed by atoms with van der Waals surface area (Å²) in [4.78, 5) is 10.4. The second-order valence-electron chi connectivity index (χ2n) is 10.3. The van der Waals surface area contributed by atoms with Crippen LogP contribution >= 0.6 is 0 Å². The molecule has 2 bridgehead atoms. The normalized spacial score (nSPS) is 25.0. The van der Waals surface area contributed by atoms with E-state index in [1.807, 2.05) is 0 Å². The number of aliphatic carboxylic acids is 1. The van der Waals surface area contributed by atoms with Crippen molar-refractivity contribution in [2.24, 2.45) is 5.41 Å². The Morgan fingerprint density at radius 1 is 0.688 bits per heavy atom. The highest BCUT2D eigenvalue weighted by Gasteiger charge is 2.49. The van der Waals surface area contributed by atoms with Crippen molar-refractivity contribution in [2.45, 2.75) is 128 Å². The third-order valence-electron chi connectivity index (χ3n) is 6.70. The lowest BCUT2D eigenvalue weighted by Crippen LogP contribution is -2.58. The van der Waals surface area contributed by atoms with Crippen LogP contribution in [-0.2, 0) is 19.0 Å². The zero-order valence-corrected chi connectivity index (χ0v) is 20.6. The first-order valence-electron chi connectivity index (χ1n) is 13.3. The fourth-order valence-corrected chi connectivity index (χ4v) is 4.46. The van der Waals surface area contributed by atoms with Gasteiger partial charge in [-0.15, -0.1) is 0 Å². The van der Waals surface area contributed by atoms with Crippen molar-refractivity contribution in [1.82, 2.24) is 0 Å². The molecule has 0 aromatic carbocycles. The fraction of sp³-hybridized carbons (Fsp3) is 0.889. The van der Waals surface area contributed by atoms with Crippen molar-refractivity contribution in [3.63, 3.8) is 0 Å². The minimum Gasteiger partial charge on any atom is -0.481 e. The van der Waals surface area contributed by atoms with Crippen molar-refractivity contribution in [2.75, 3.05) is 19.8 Å². The summed E-state index contributed by atoms with van der Waals surface area (Å²) in [5.41, 5.74) is 0.0589. The van der Waals surface area contributed by atoms with Gasteiger partial charge in [0.1, 0.15) is 0 Å². The summed E-state index contributed by atoms with van der Waals surface area (Å²) in [6.45, 7) is 4.45. The van der Waals surface area contributed by atoms with Crippen molar-refractivity contribution in [1.29, 1.82) is 0 Å². The maximum Gasteiger partial charge on any atom is 0.303 e. The lowest BCUT2D eigenvalue weighted by molar-refractivity contribution is -0.467. The molecular formula is C27H48O5. The summed E-state index contributed by atoms with van der Waals surface area (Å²) in [5.74, 6) is -1.40. The second-order valence-corrected chi connectivity index (χ2v) is 10.3. The van der Waals surface area contributed by atoms with Crippen LogP contribution in [0.2, 0.25) is 0 Å². The highest BCUT2D eigenvalue weighted by Crippen LogP contribution is 2.40. The third-order valence-corrected chi connectivity index (χ3v) is 6.70. The molecule has 5 heteroatoms. The van der Waals surface area contributed by atoms with Crippen molar-refractivity contribution < 1.29 is 24.1 Å². The molecule has 0 saturated carbocycles. The minimum absolute atomic E-state index is 0.0589. The van der Waals surface area contributed by atoms with Gasteiger partial charge in [-0.1, -0.05) is 83.3 Å². The number of carboxylic acids is 1. The summed E-state index contributed by atoms with van der Waals surface area (Å²) in [5, 5.41) is 8.60. The minimum atomic E-state index is -0.729. The van der Waals surface area contributed by atoms with E-state index in [2.05, 4.69) is 19.1 Å². The van der Waals surface area contributed by atoms with E-state index in [1.165, 1.54) is 83.5 Å². The zero-order valence-electron chi connectivity index (χ0n) is 20.6. The Kier molecular flexibility index (Phi) is 13.5. The molecule has 0 atom stereocenters. The lowest BCUT2D eigenvalue weighted by atomic mass is 9.91. The number of carboxylic acid groups (broad SMARTS) is 1. The molecule has 32 heavy (non-hydrogen) atoms. The molecule has 186 valence electrons. The molecule has 3 saturated heterocycles. The van der Waals surface area contributed by atoms with E-state index in [0.717, 1.165) is 45.5 Å². The molecule has 3 heterocycles. The van der Waals surface area contributed by atoms with Gasteiger partial charge in [-0.2, -0.15) is 0 Å². The summed E-state index contributed by atoms with van der Waals surface area (Å²) in [6, 6.07) is 0. The van der Waals surface area contributed by atoms with Gasteiger partial charge in [0.25, 0.3) is 5.97 Å². The number of carbonyl (C=O) groups is 1. The number of hydrogen-bond donors (Lipinski definition) is 1. The standard InChI is InChI=1S/C27H48O5/c1-26-22-30-27(31-23-26,32-24-26)21-19-17-15-13-11-9-7-5-3-2-4-6-8-10-12-14-16-18-20-25(28)29/h2-3H,4-24H2,1H3,(H,28,29)/b3-2-.